The van der Waals surface area contributed by atoms with Crippen LogP contribution in [0.4, 0.5) is 0 Å². The van der Waals surface area contributed by atoms with Crippen LogP contribution in [0.25, 0.3) is 0 Å². The second kappa shape index (κ2) is 7.45. The minimum atomic E-state index is -0.639. The highest BCUT2D eigenvalue weighted by atomic mass is 32.2. The lowest BCUT2D eigenvalue weighted by atomic mass is 10.1. The highest BCUT2D eigenvalue weighted by Gasteiger charge is 2.27. The van der Waals surface area contributed by atoms with Gasteiger partial charge in [-0.05, 0) is 36.6 Å². The van der Waals surface area contributed by atoms with Gasteiger partial charge in [0.15, 0.2) is 0 Å². The molecule has 1 aliphatic heterocycles. The minimum Gasteiger partial charge on any atom is -0.340 e. The molecular weight excluding hydrogens is 300 g/mol. The number of piperidine rings is 1. The Kier molecular flexibility index (Phi) is 5.60. The fourth-order valence-corrected chi connectivity index (χ4v) is 2.89. The molecule has 0 bridgehead atoms. The standard InChI is InChI=1S/C16H20N2O3S/c1-10(2)9-22-12-5-3-11(4-6-12)15(20)17-13-7-8-14(19)18-16(13)21/h3-6,10,13H,7-9H2,1-2H3,(H,17,20)(H,18,19,21). The topological polar surface area (TPSA) is 75.3 Å². The zero-order chi connectivity index (χ0) is 16.1. The van der Waals surface area contributed by atoms with Crippen LogP contribution < -0.4 is 10.6 Å². The molecule has 6 heteroatoms. The van der Waals surface area contributed by atoms with E-state index in [2.05, 4.69) is 24.5 Å². The highest BCUT2D eigenvalue weighted by Crippen LogP contribution is 2.21. The third-order valence-corrected chi connectivity index (χ3v) is 4.68. The van der Waals surface area contributed by atoms with Crippen LogP contribution in [-0.4, -0.2) is 29.5 Å². The molecule has 1 aromatic carbocycles. The van der Waals surface area contributed by atoms with E-state index in [1.54, 1.807) is 23.9 Å². The maximum absolute atomic E-state index is 12.1. The SMILES string of the molecule is CC(C)CSc1ccc(C(=O)NC2CCC(=O)NC2=O)cc1. The Morgan fingerprint density at radius 1 is 1.32 bits per heavy atom. The van der Waals surface area contributed by atoms with E-state index in [0.29, 0.717) is 17.9 Å². The molecule has 1 saturated heterocycles. The van der Waals surface area contributed by atoms with E-state index >= 15 is 0 Å². The molecular formula is C16H20N2O3S. The normalized spacial score (nSPS) is 18.2. The van der Waals surface area contributed by atoms with E-state index in [-0.39, 0.29) is 18.2 Å². The molecule has 0 saturated carbocycles. The van der Waals surface area contributed by atoms with Gasteiger partial charge in [-0.3, -0.25) is 19.7 Å². The first kappa shape index (κ1) is 16.5. The second-order valence-corrected chi connectivity index (χ2v) is 6.80. The van der Waals surface area contributed by atoms with Crippen LogP contribution in [-0.2, 0) is 9.59 Å². The van der Waals surface area contributed by atoms with E-state index < -0.39 is 11.9 Å². The molecule has 2 N–H and O–H groups in total. The van der Waals surface area contributed by atoms with Crippen molar-refractivity contribution in [1.82, 2.24) is 10.6 Å². The van der Waals surface area contributed by atoms with Crippen molar-refractivity contribution in [1.29, 1.82) is 0 Å². The van der Waals surface area contributed by atoms with Crippen molar-refractivity contribution in [3.63, 3.8) is 0 Å². The van der Waals surface area contributed by atoms with Crippen molar-refractivity contribution in [2.24, 2.45) is 5.92 Å². The van der Waals surface area contributed by atoms with Crippen molar-refractivity contribution < 1.29 is 14.4 Å². The van der Waals surface area contributed by atoms with Gasteiger partial charge in [-0.15, -0.1) is 11.8 Å². The molecule has 0 aromatic heterocycles. The number of amides is 3. The van der Waals surface area contributed by atoms with Crippen LogP contribution in [0.2, 0.25) is 0 Å². The molecule has 1 atom stereocenters. The highest BCUT2D eigenvalue weighted by molar-refractivity contribution is 7.99. The molecule has 1 aromatic rings. The average molecular weight is 320 g/mol. The van der Waals surface area contributed by atoms with E-state index in [1.807, 2.05) is 12.1 Å². The van der Waals surface area contributed by atoms with Crippen LogP contribution in [0.3, 0.4) is 0 Å². The van der Waals surface area contributed by atoms with E-state index in [9.17, 15) is 14.4 Å². The van der Waals surface area contributed by atoms with Crippen LogP contribution >= 0.6 is 11.8 Å². The Morgan fingerprint density at radius 3 is 2.59 bits per heavy atom. The maximum Gasteiger partial charge on any atom is 0.251 e. The van der Waals surface area contributed by atoms with E-state index in [1.165, 1.54) is 0 Å². The molecule has 0 radical (unpaired) electrons. The molecule has 2 rings (SSSR count). The molecule has 3 amide bonds. The zero-order valence-corrected chi connectivity index (χ0v) is 13.5. The number of carbonyl (C=O) groups is 3. The molecule has 1 heterocycles. The Morgan fingerprint density at radius 2 is 2.00 bits per heavy atom. The lowest BCUT2D eigenvalue weighted by Crippen LogP contribution is -2.52. The van der Waals surface area contributed by atoms with Gasteiger partial charge in [-0.2, -0.15) is 0 Å². The quantitative estimate of drug-likeness (QED) is 0.642. The predicted octanol–water partition coefficient (Wildman–Crippen LogP) is 1.97. The van der Waals surface area contributed by atoms with Gasteiger partial charge in [-0.25, -0.2) is 0 Å². The summed E-state index contributed by atoms with van der Waals surface area (Å²) in [7, 11) is 0. The van der Waals surface area contributed by atoms with Gasteiger partial charge in [-0.1, -0.05) is 13.8 Å². The predicted molar refractivity (Wildman–Crippen MR) is 85.6 cm³/mol. The first-order chi connectivity index (χ1) is 10.5. The van der Waals surface area contributed by atoms with Crippen molar-refractivity contribution in [3.05, 3.63) is 29.8 Å². The van der Waals surface area contributed by atoms with Gasteiger partial charge >= 0.3 is 0 Å². The summed E-state index contributed by atoms with van der Waals surface area (Å²) in [6.45, 7) is 4.32. The third-order valence-electron chi connectivity index (χ3n) is 3.24. The van der Waals surface area contributed by atoms with Gasteiger partial charge in [0.1, 0.15) is 6.04 Å². The molecule has 5 nitrogen and oxygen atoms in total. The minimum absolute atomic E-state index is 0.251. The number of benzene rings is 1. The zero-order valence-electron chi connectivity index (χ0n) is 12.7. The summed E-state index contributed by atoms with van der Waals surface area (Å²) in [5, 5.41) is 4.89. The summed E-state index contributed by atoms with van der Waals surface area (Å²) >= 11 is 1.75. The number of imide groups is 1. The summed E-state index contributed by atoms with van der Waals surface area (Å²) < 4.78 is 0. The van der Waals surface area contributed by atoms with Crippen molar-refractivity contribution in [3.8, 4) is 0 Å². The van der Waals surface area contributed by atoms with Crippen LogP contribution in [0.1, 0.15) is 37.0 Å². The molecule has 118 valence electrons. The fraction of sp³-hybridized carbons (Fsp3) is 0.438. The average Bonchev–Trinajstić information content (AvgIpc) is 2.48. The summed E-state index contributed by atoms with van der Waals surface area (Å²) in [6, 6.07) is 6.69. The molecule has 0 aliphatic carbocycles. The number of rotatable bonds is 5. The molecule has 0 spiro atoms. The van der Waals surface area contributed by atoms with Gasteiger partial charge in [0.2, 0.25) is 11.8 Å². The largest absolute Gasteiger partial charge is 0.340 e. The summed E-state index contributed by atoms with van der Waals surface area (Å²) in [5.41, 5.74) is 0.513. The summed E-state index contributed by atoms with van der Waals surface area (Å²) in [5.74, 6) is 0.619. The number of hydrogen-bond acceptors (Lipinski definition) is 4. The third kappa shape index (κ3) is 4.59. The lowest BCUT2D eigenvalue weighted by Gasteiger charge is -2.21. The Hall–Kier alpha value is -1.82. The molecule has 22 heavy (non-hydrogen) atoms. The summed E-state index contributed by atoms with van der Waals surface area (Å²) in [4.78, 5) is 36.0. The number of nitrogens with one attached hydrogen (secondary N) is 2. The molecule has 1 unspecified atom stereocenters. The van der Waals surface area contributed by atoms with Gasteiger partial charge in [0.05, 0.1) is 0 Å². The van der Waals surface area contributed by atoms with Crippen molar-refractivity contribution in [2.45, 2.75) is 37.6 Å². The monoisotopic (exact) mass is 320 g/mol. The first-order valence-electron chi connectivity index (χ1n) is 7.33. The van der Waals surface area contributed by atoms with Crippen LogP contribution in [0, 0.1) is 5.92 Å². The Bertz CT molecular complexity index is 569. The Labute approximate surface area is 134 Å². The van der Waals surface area contributed by atoms with Crippen molar-refractivity contribution in [2.75, 3.05) is 5.75 Å². The van der Waals surface area contributed by atoms with E-state index in [0.717, 1.165) is 10.6 Å². The lowest BCUT2D eigenvalue weighted by molar-refractivity contribution is -0.134. The number of thioether (sulfide) groups is 1. The fourth-order valence-electron chi connectivity index (χ4n) is 2.04. The van der Waals surface area contributed by atoms with Crippen molar-refractivity contribution >= 4 is 29.5 Å². The summed E-state index contributed by atoms with van der Waals surface area (Å²) in [6.07, 6.45) is 0.597. The first-order valence-corrected chi connectivity index (χ1v) is 8.31. The van der Waals surface area contributed by atoms with Gasteiger partial charge in [0.25, 0.3) is 5.91 Å². The maximum atomic E-state index is 12.1. The smallest absolute Gasteiger partial charge is 0.251 e. The number of carbonyl (C=O) groups excluding carboxylic acids is 3. The second-order valence-electron chi connectivity index (χ2n) is 5.71. The van der Waals surface area contributed by atoms with Crippen LogP contribution in [0.15, 0.2) is 29.2 Å². The molecule has 1 fully saturated rings. The Balaban J connectivity index is 1.92. The van der Waals surface area contributed by atoms with Crippen LogP contribution in [0.5, 0.6) is 0 Å². The number of hydrogen-bond donors (Lipinski definition) is 2. The van der Waals surface area contributed by atoms with E-state index in [4.69, 9.17) is 0 Å². The molecule has 1 aliphatic rings. The van der Waals surface area contributed by atoms with Gasteiger partial charge < -0.3 is 5.32 Å². The van der Waals surface area contributed by atoms with Gasteiger partial charge in [0, 0.05) is 22.6 Å².